The van der Waals surface area contributed by atoms with E-state index in [1.54, 1.807) is 18.4 Å². The Morgan fingerprint density at radius 1 is 1.37 bits per heavy atom. The quantitative estimate of drug-likeness (QED) is 0.655. The Bertz CT molecular complexity index is 1130. The number of rotatable bonds is 5. The fraction of sp³-hybridized carbons (Fsp3) is 0.435. The van der Waals surface area contributed by atoms with Crippen molar-refractivity contribution in [1.29, 1.82) is 0 Å². The highest BCUT2D eigenvalue weighted by Gasteiger charge is 2.24. The van der Waals surface area contributed by atoms with Crippen LogP contribution in [-0.2, 0) is 19.4 Å². The summed E-state index contributed by atoms with van der Waals surface area (Å²) < 4.78 is 0. The summed E-state index contributed by atoms with van der Waals surface area (Å²) in [5.41, 5.74) is 2.94. The highest BCUT2D eigenvalue weighted by molar-refractivity contribution is 7.18. The Morgan fingerprint density at radius 3 is 2.80 bits per heavy atom. The third-order valence-electron chi connectivity index (χ3n) is 6.12. The van der Waals surface area contributed by atoms with Crippen LogP contribution in [0.5, 0.6) is 0 Å². The van der Waals surface area contributed by atoms with Gasteiger partial charge in [0.25, 0.3) is 11.5 Å². The molecule has 1 aliphatic rings. The normalized spacial score (nSPS) is 17.2. The molecule has 1 aromatic carbocycles. The number of H-pyrrole nitrogens is 1. The maximum atomic E-state index is 12.9. The van der Waals surface area contributed by atoms with E-state index >= 15 is 0 Å². The first-order chi connectivity index (χ1) is 14.4. The van der Waals surface area contributed by atoms with Crippen molar-refractivity contribution in [3.8, 4) is 0 Å². The second kappa shape index (κ2) is 8.32. The van der Waals surface area contributed by atoms with Crippen LogP contribution in [0.4, 0.5) is 0 Å². The van der Waals surface area contributed by atoms with Gasteiger partial charge in [-0.15, -0.1) is 11.3 Å². The first-order valence-corrected chi connectivity index (χ1v) is 11.2. The number of carbonyl (C=O) groups excluding carboxylic acids is 1. The summed E-state index contributed by atoms with van der Waals surface area (Å²) >= 11 is 1.68. The second-order valence-corrected chi connectivity index (χ2v) is 9.43. The lowest BCUT2D eigenvalue weighted by molar-refractivity contribution is 0.0963. The minimum absolute atomic E-state index is 0.0165. The maximum absolute atomic E-state index is 12.9. The van der Waals surface area contributed by atoms with Crippen LogP contribution in [0.1, 0.15) is 58.5 Å². The Hall–Kier alpha value is -2.51. The van der Waals surface area contributed by atoms with Gasteiger partial charge in [0.15, 0.2) is 0 Å². The molecule has 2 heterocycles. The molecule has 0 aliphatic heterocycles. The number of thiophene rings is 1. The lowest BCUT2D eigenvalue weighted by Crippen LogP contribution is -2.26. The van der Waals surface area contributed by atoms with Crippen LogP contribution in [0.15, 0.2) is 29.1 Å². The first kappa shape index (κ1) is 20.8. The van der Waals surface area contributed by atoms with Crippen LogP contribution < -0.4 is 10.9 Å². The zero-order valence-corrected chi connectivity index (χ0v) is 18.7. The predicted molar refractivity (Wildman–Crippen MR) is 121 cm³/mol. The van der Waals surface area contributed by atoms with Crippen LogP contribution in [0, 0.1) is 5.92 Å². The standard InChI is InChI=1S/C23H28N4O2S/c1-13-5-10-17-18(11-13)30-23-19(17)22(29)25-20(26-23)14(2)27(4)12-15-6-8-16(9-7-15)21(28)24-3/h6-9,13-14H,5,10-12H2,1-4H3,(H,24,28)(H,25,26,29)/t13-,14+/m0/s1. The summed E-state index contributed by atoms with van der Waals surface area (Å²) in [6, 6.07) is 7.54. The number of carbonyl (C=O) groups is 1. The molecule has 2 aromatic heterocycles. The molecule has 1 amide bonds. The molecule has 7 heteroatoms. The predicted octanol–water partition coefficient (Wildman–Crippen LogP) is 3.66. The Kier molecular flexibility index (Phi) is 5.75. The smallest absolute Gasteiger partial charge is 0.259 e. The third kappa shape index (κ3) is 3.91. The van der Waals surface area contributed by atoms with Gasteiger partial charge < -0.3 is 10.3 Å². The number of amides is 1. The van der Waals surface area contributed by atoms with Crippen LogP contribution in [-0.4, -0.2) is 34.9 Å². The first-order valence-electron chi connectivity index (χ1n) is 10.4. The fourth-order valence-corrected chi connectivity index (χ4v) is 5.49. The van der Waals surface area contributed by atoms with E-state index in [1.807, 2.05) is 31.3 Å². The van der Waals surface area contributed by atoms with Crippen molar-refractivity contribution in [2.45, 2.75) is 45.7 Å². The molecule has 1 aliphatic carbocycles. The van der Waals surface area contributed by atoms with Gasteiger partial charge in [-0.2, -0.15) is 0 Å². The third-order valence-corrected chi connectivity index (χ3v) is 7.26. The number of fused-ring (bicyclic) bond motifs is 3. The van der Waals surface area contributed by atoms with E-state index in [1.165, 1.54) is 10.4 Å². The number of nitrogens with zero attached hydrogens (tertiary/aromatic N) is 2. The van der Waals surface area contributed by atoms with E-state index in [4.69, 9.17) is 4.98 Å². The monoisotopic (exact) mass is 424 g/mol. The molecule has 4 rings (SSSR count). The molecule has 0 fully saturated rings. The average Bonchev–Trinajstić information content (AvgIpc) is 3.10. The minimum Gasteiger partial charge on any atom is -0.355 e. The van der Waals surface area contributed by atoms with Crippen LogP contribution in [0.2, 0.25) is 0 Å². The number of hydrogen-bond acceptors (Lipinski definition) is 5. The molecule has 0 unspecified atom stereocenters. The number of aromatic nitrogens is 2. The number of aryl methyl sites for hydroxylation is 1. The minimum atomic E-state index is -0.0913. The van der Waals surface area contributed by atoms with Gasteiger partial charge in [0.05, 0.1) is 11.4 Å². The molecule has 158 valence electrons. The zero-order chi connectivity index (χ0) is 21.4. The molecular formula is C23H28N4O2S. The summed E-state index contributed by atoms with van der Waals surface area (Å²) in [6.45, 7) is 5.02. The lowest BCUT2D eigenvalue weighted by Gasteiger charge is -2.24. The van der Waals surface area contributed by atoms with Gasteiger partial charge in [0.1, 0.15) is 10.7 Å². The maximum Gasteiger partial charge on any atom is 0.259 e. The molecular weight excluding hydrogens is 396 g/mol. The van der Waals surface area contributed by atoms with Crippen molar-refractivity contribution in [2.75, 3.05) is 14.1 Å². The molecule has 0 saturated carbocycles. The molecule has 3 aromatic rings. The molecule has 2 atom stereocenters. The molecule has 6 nitrogen and oxygen atoms in total. The highest BCUT2D eigenvalue weighted by Crippen LogP contribution is 2.36. The van der Waals surface area contributed by atoms with Gasteiger partial charge in [-0.25, -0.2) is 4.98 Å². The average molecular weight is 425 g/mol. The molecule has 0 bridgehead atoms. The van der Waals surface area contributed by atoms with E-state index < -0.39 is 0 Å². The van der Waals surface area contributed by atoms with Gasteiger partial charge >= 0.3 is 0 Å². The Balaban J connectivity index is 1.56. The van der Waals surface area contributed by atoms with Gasteiger partial charge in [-0.05, 0) is 62.4 Å². The van der Waals surface area contributed by atoms with Crippen molar-refractivity contribution in [3.05, 3.63) is 62.0 Å². The van der Waals surface area contributed by atoms with E-state index in [0.717, 1.165) is 35.0 Å². The van der Waals surface area contributed by atoms with Gasteiger partial charge in [-0.1, -0.05) is 19.1 Å². The summed E-state index contributed by atoms with van der Waals surface area (Å²) in [5.74, 6) is 1.28. The summed E-state index contributed by atoms with van der Waals surface area (Å²) in [4.78, 5) is 36.8. The van der Waals surface area contributed by atoms with Gasteiger partial charge in [0.2, 0.25) is 0 Å². The van der Waals surface area contributed by atoms with Crippen LogP contribution >= 0.6 is 11.3 Å². The van der Waals surface area contributed by atoms with Crippen molar-refractivity contribution in [2.24, 2.45) is 5.92 Å². The number of benzene rings is 1. The van der Waals surface area contributed by atoms with Crippen molar-refractivity contribution in [3.63, 3.8) is 0 Å². The van der Waals surface area contributed by atoms with E-state index in [0.29, 0.717) is 23.9 Å². The van der Waals surface area contributed by atoms with E-state index in [-0.39, 0.29) is 17.5 Å². The highest BCUT2D eigenvalue weighted by atomic mass is 32.1. The topological polar surface area (TPSA) is 78.1 Å². The van der Waals surface area contributed by atoms with E-state index in [2.05, 4.69) is 29.0 Å². The molecule has 30 heavy (non-hydrogen) atoms. The summed E-state index contributed by atoms with van der Waals surface area (Å²) in [6.07, 6.45) is 3.16. The largest absolute Gasteiger partial charge is 0.355 e. The Labute approximate surface area is 180 Å². The van der Waals surface area contributed by atoms with Crippen LogP contribution in [0.3, 0.4) is 0 Å². The van der Waals surface area contributed by atoms with E-state index in [9.17, 15) is 9.59 Å². The Morgan fingerprint density at radius 2 is 2.10 bits per heavy atom. The van der Waals surface area contributed by atoms with Gasteiger partial charge in [-0.3, -0.25) is 14.5 Å². The summed E-state index contributed by atoms with van der Waals surface area (Å²) in [7, 11) is 3.64. The number of hydrogen-bond donors (Lipinski definition) is 2. The summed E-state index contributed by atoms with van der Waals surface area (Å²) in [5, 5.41) is 3.43. The number of nitrogens with one attached hydrogen (secondary N) is 2. The van der Waals surface area contributed by atoms with Gasteiger partial charge in [0, 0.05) is 24.0 Å². The van der Waals surface area contributed by atoms with Crippen molar-refractivity contribution >= 4 is 27.5 Å². The lowest BCUT2D eigenvalue weighted by atomic mass is 9.89. The molecule has 2 N–H and O–H groups in total. The molecule has 0 spiro atoms. The SMILES string of the molecule is CNC(=O)c1ccc(CN(C)[C@H](C)c2nc3sc4c(c3c(=O)[nH]2)CC[C@H](C)C4)cc1. The fourth-order valence-electron chi connectivity index (χ4n) is 4.10. The zero-order valence-electron chi connectivity index (χ0n) is 17.9. The van der Waals surface area contributed by atoms with Crippen LogP contribution in [0.25, 0.3) is 10.2 Å². The van der Waals surface area contributed by atoms with Crippen molar-refractivity contribution < 1.29 is 4.79 Å². The molecule has 0 saturated heterocycles. The molecule has 0 radical (unpaired) electrons. The number of aromatic amines is 1. The van der Waals surface area contributed by atoms with Crippen molar-refractivity contribution in [1.82, 2.24) is 20.2 Å². The second-order valence-electron chi connectivity index (χ2n) is 8.35.